The number of halogens is 2. The van der Waals surface area contributed by atoms with Crippen LogP contribution < -0.4 is 9.62 Å². The zero-order valence-electron chi connectivity index (χ0n) is 22.6. The molecule has 0 spiro atoms. The van der Waals surface area contributed by atoms with E-state index in [0.29, 0.717) is 15.6 Å². The van der Waals surface area contributed by atoms with E-state index >= 15 is 0 Å². The SMILES string of the molecule is Cc1ccc(S(=O)(=O)N(CC(=O)N(Cc2ccc(Cl)cc2)[C@@H](C)C(=O)NC(C)C)c2cc(Cl)ccc2C)cc1. The smallest absolute Gasteiger partial charge is 0.264 e. The lowest BCUT2D eigenvalue weighted by molar-refractivity contribution is -0.139. The molecule has 7 nitrogen and oxygen atoms in total. The van der Waals surface area contributed by atoms with E-state index in [9.17, 15) is 18.0 Å². The zero-order valence-corrected chi connectivity index (χ0v) is 24.9. The Balaban J connectivity index is 2.07. The van der Waals surface area contributed by atoms with E-state index in [1.807, 2.05) is 20.8 Å². The molecule has 0 aliphatic rings. The quantitative estimate of drug-likeness (QED) is 0.326. The van der Waals surface area contributed by atoms with Crippen molar-refractivity contribution in [2.75, 3.05) is 10.8 Å². The lowest BCUT2D eigenvalue weighted by Crippen LogP contribution is -2.52. The summed E-state index contributed by atoms with van der Waals surface area (Å²) in [5.74, 6) is -0.898. The van der Waals surface area contributed by atoms with Gasteiger partial charge in [-0.1, -0.05) is 59.1 Å². The van der Waals surface area contributed by atoms with Crippen LogP contribution in [0.25, 0.3) is 0 Å². The zero-order chi connectivity index (χ0) is 28.9. The number of aryl methyl sites for hydroxylation is 2. The minimum absolute atomic E-state index is 0.0372. The third-order valence-electron chi connectivity index (χ3n) is 6.19. The van der Waals surface area contributed by atoms with Crippen LogP contribution in [0.1, 0.15) is 37.5 Å². The number of benzene rings is 3. The monoisotopic (exact) mass is 589 g/mol. The van der Waals surface area contributed by atoms with Gasteiger partial charge in [0.05, 0.1) is 10.6 Å². The second-order valence-electron chi connectivity index (χ2n) is 9.74. The Morgan fingerprint density at radius 2 is 1.46 bits per heavy atom. The predicted octanol–water partition coefficient (Wildman–Crippen LogP) is 5.75. The first-order valence-electron chi connectivity index (χ1n) is 12.5. The number of sulfonamides is 1. The van der Waals surface area contributed by atoms with Gasteiger partial charge in [-0.2, -0.15) is 0 Å². The highest BCUT2D eigenvalue weighted by atomic mass is 35.5. The molecule has 0 radical (unpaired) electrons. The number of carbonyl (C=O) groups excluding carboxylic acids is 2. The van der Waals surface area contributed by atoms with Crippen molar-refractivity contribution in [3.05, 3.63) is 93.5 Å². The fourth-order valence-electron chi connectivity index (χ4n) is 3.98. The number of nitrogens with zero attached hydrogens (tertiary/aromatic N) is 2. The molecule has 0 aliphatic carbocycles. The predicted molar refractivity (Wildman–Crippen MR) is 157 cm³/mol. The second kappa shape index (κ2) is 12.9. The van der Waals surface area contributed by atoms with E-state index < -0.39 is 28.5 Å². The van der Waals surface area contributed by atoms with Crippen molar-refractivity contribution in [3.63, 3.8) is 0 Å². The molecule has 3 aromatic rings. The van der Waals surface area contributed by atoms with Crippen LogP contribution in [0.4, 0.5) is 5.69 Å². The summed E-state index contributed by atoms with van der Waals surface area (Å²) in [6, 6.07) is 17.2. The van der Waals surface area contributed by atoms with E-state index in [4.69, 9.17) is 23.2 Å². The Morgan fingerprint density at radius 3 is 2.05 bits per heavy atom. The maximum Gasteiger partial charge on any atom is 0.264 e. The summed E-state index contributed by atoms with van der Waals surface area (Å²) >= 11 is 12.3. The van der Waals surface area contributed by atoms with Gasteiger partial charge in [-0.3, -0.25) is 13.9 Å². The van der Waals surface area contributed by atoms with Crippen LogP contribution in [0.5, 0.6) is 0 Å². The van der Waals surface area contributed by atoms with E-state index in [0.717, 1.165) is 15.4 Å². The Morgan fingerprint density at radius 1 is 0.872 bits per heavy atom. The Kier molecular flexibility index (Phi) is 10.0. The van der Waals surface area contributed by atoms with Crippen molar-refractivity contribution in [1.29, 1.82) is 0 Å². The van der Waals surface area contributed by atoms with Crippen LogP contribution in [0.3, 0.4) is 0 Å². The van der Waals surface area contributed by atoms with Gasteiger partial charge in [0.2, 0.25) is 11.8 Å². The first-order valence-corrected chi connectivity index (χ1v) is 14.7. The number of hydrogen-bond acceptors (Lipinski definition) is 4. The third-order valence-corrected chi connectivity index (χ3v) is 8.45. The maximum atomic E-state index is 13.9. The van der Waals surface area contributed by atoms with Crippen molar-refractivity contribution in [2.24, 2.45) is 0 Å². The molecule has 0 unspecified atom stereocenters. The number of carbonyl (C=O) groups is 2. The van der Waals surface area contributed by atoms with Crippen molar-refractivity contribution < 1.29 is 18.0 Å². The number of anilines is 1. The fraction of sp³-hybridized carbons (Fsp3) is 0.310. The van der Waals surface area contributed by atoms with E-state index in [1.165, 1.54) is 23.1 Å². The van der Waals surface area contributed by atoms with Crippen LogP contribution in [0.2, 0.25) is 10.0 Å². The van der Waals surface area contributed by atoms with Crippen LogP contribution in [-0.2, 0) is 26.2 Å². The molecule has 208 valence electrons. The van der Waals surface area contributed by atoms with Crippen molar-refractivity contribution >= 4 is 50.7 Å². The molecule has 1 atom stereocenters. The van der Waals surface area contributed by atoms with Crippen molar-refractivity contribution in [3.8, 4) is 0 Å². The van der Waals surface area contributed by atoms with Crippen LogP contribution in [-0.4, -0.2) is 43.8 Å². The molecule has 39 heavy (non-hydrogen) atoms. The summed E-state index contributed by atoms with van der Waals surface area (Å²) in [6.07, 6.45) is 0. The molecule has 0 aliphatic heterocycles. The highest BCUT2D eigenvalue weighted by Gasteiger charge is 2.33. The molecule has 0 bridgehead atoms. The van der Waals surface area contributed by atoms with Gasteiger partial charge >= 0.3 is 0 Å². The Bertz CT molecular complexity index is 1430. The molecule has 0 fully saturated rings. The molecule has 0 heterocycles. The summed E-state index contributed by atoms with van der Waals surface area (Å²) in [5.41, 5.74) is 2.54. The van der Waals surface area contributed by atoms with Crippen LogP contribution >= 0.6 is 23.2 Å². The molecule has 1 N–H and O–H groups in total. The summed E-state index contributed by atoms with van der Waals surface area (Å²) < 4.78 is 28.9. The number of nitrogens with one attached hydrogen (secondary N) is 1. The van der Waals surface area contributed by atoms with Gasteiger partial charge in [0.25, 0.3) is 10.0 Å². The van der Waals surface area contributed by atoms with Gasteiger partial charge in [-0.15, -0.1) is 0 Å². The fourth-order valence-corrected chi connectivity index (χ4v) is 5.74. The number of hydrogen-bond donors (Lipinski definition) is 1. The van der Waals surface area contributed by atoms with Gasteiger partial charge in [0.1, 0.15) is 12.6 Å². The Hall–Kier alpha value is -3.07. The lowest BCUT2D eigenvalue weighted by atomic mass is 10.1. The van der Waals surface area contributed by atoms with Crippen molar-refractivity contribution in [2.45, 2.75) is 58.1 Å². The van der Waals surface area contributed by atoms with Gasteiger partial charge in [0, 0.05) is 22.6 Å². The van der Waals surface area contributed by atoms with E-state index in [2.05, 4.69) is 5.32 Å². The van der Waals surface area contributed by atoms with E-state index in [-0.39, 0.29) is 29.1 Å². The Labute approximate surface area is 240 Å². The summed E-state index contributed by atoms with van der Waals surface area (Å²) in [4.78, 5) is 28.3. The number of rotatable bonds is 10. The average molecular weight is 591 g/mol. The molecule has 0 saturated heterocycles. The molecule has 2 amide bonds. The van der Waals surface area contributed by atoms with Gasteiger partial charge < -0.3 is 10.2 Å². The molecule has 3 aromatic carbocycles. The molecular formula is C29H33Cl2N3O4S. The normalized spacial score (nSPS) is 12.2. The van der Waals surface area contributed by atoms with Gasteiger partial charge in [0.15, 0.2) is 0 Å². The van der Waals surface area contributed by atoms with Crippen LogP contribution in [0, 0.1) is 13.8 Å². The first-order chi connectivity index (χ1) is 18.3. The second-order valence-corrected chi connectivity index (χ2v) is 12.5. The molecule has 0 saturated carbocycles. The number of amides is 2. The largest absolute Gasteiger partial charge is 0.352 e. The standard InChI is InChI=1S/C29H33Cl2N3O4S/c1-19(2)32-29(36)22(5)33(17-23-9-12-24(30)13-10-23)28(35)18-34(27-16-25(31)11-8-21(27)4)39(37,38)26-14-6-20(3)7-15-26/h6-16,19,22H,17-18H2,1-5H3,(H,32,36)/t22-/m0/s1. The summed E-state index contributed by atoms with van der Waals surface area (Å²) in [7, 11) is -4.17. The van der Waals surface area contributed by atoms with Gasteiger partial charge in [-0.05, 0) is 82.1 Å². The molecule has 0 aromatic heterocycles. The average Bonchev–Trinajstić information content (AvgIpc) is 2.87. The van der Waals surface area contributed by atoms with Gasteiger partial charge in [-0.25, -0.2) is 8.42 Å². The maximum absolute atomic E-state index is 13.9. The molecule has 10 heteroatoms. The van der Waals surface area contributed by atoms with Crippen molar-refractivity contribution in [1.82, 2.24) is 10.2 Å². The summed E-state index contributed by atoms with van der Waals surface area (Å²) in [6.45, 7) is 8.42. The molecular weight excluding hydrogens is 557 g/mol. The van der Waals surface area contributed by atoms with E-state index in [1.54, 1.807) is 62.4 Å². The topological polar surface area (TPSA) is 86.8 Å². The lowest BCUT2D eigenvalue weighted by Gasteiger charge is -2.32. The highest BCUT2D eigenvalue weighted by Crippen LogP contribution is 2.30. The molecule has 3 rings (SSSR count). The third kappa shape index (κ3) is 7.75. The minimum Gasteiger partial charge on any atom is -0.352 e. The van der Waals surface area contributed by atoms with Crippen LogP contribution in [0.15, 0.2) is 71.6 Å². The highest BCUT2D eigenvalue weighted by molar-refractivity contribution is 7.92. The first kappa shape index (κ1) is 30.5. The summed E-state index contributed by atoms with van der Waals surface area (Å²) in [5, 5.41) is 3.70. The minimum atomic E-state index is -4.17.